The van der Waals surface area contributed by atoms with E-state index in [9.17, 15) is 13.2 Å². The first-order valence-electron chi connectivity index (χ1n) is 6.97. The molecule has 1 rings (SSSR count). The van der Waals surface area contributed by atoms with Crippen molar-refractivity contribution < 1.29 is 18.3 Å². The molecule has 0 radical (unpaired) electrons. The lowest BCUT2D eigenvalue weighted by Gasteiger charge is -2.21. The highest BCUT2D eigenvalue weighted by Crippen LogP contribution is 2.14. The highest BCUT2D eigenvalue weighted by molar-refractivity contribution is 7.90. The molecule has 0 bridgehead atoms. The van der Waals surface area contributed by atoms with Gasteiger partial charge >= 0.3 is 16.2 Å². The fourth-order valence-electron chi connectivity index (χ4n) is 1.93. The van der Waals surface area contributed by atoms with Crippen LogP contribution >= 0.6 is 0 Å². The summed E-state index contributed by atoms with van der Waals surface area (Å²) in [5.41, 5.74) is 1.06. The Kier molecular flexibility index (Phi) is 6.64. The van der Waals surface area contributed by atoms with Crippen molar-refractivity contribution in [2.24, 2.45) is 0 Å². The molecular weight excluding hydrogens is 292 g/mol. The molecule has 7 heteroatoms. The maximum Gasteiger partial charge on any atom is 0.307 e. The summed E-state index contributed by atoms with van der Waals surface area (Å²) in [5.74, 6) is -0.916. The summed E-state index contributed by atoms with van der Waals surface area (Å²) in [4.78, 5) is 10.6. The molecule has 6 nitrogen and oxygen atoms in total. The molecule has 0 aliphatic heterocycles. The summed E-state index contributed by atoms with van der Waals surface area (Å²) in [5, 5.41) is 8.70. The Balaban J connectivity index is 2.80. The van der Waals surface area contributed by atoms with E-state index in [-0.39, 0.29) is 6.42 Å². The predicted molar refractivity (Wildman–Crippen MR) is 82.5 cm³/mol. The average Bonchev–Trinajstić information content (AvgIpc) is 2.40. The molecule has 0 aliphatic carbocycles. The van der Waals surface area contributed by atoms with Crippen LogP contribution < -0.4 is 4.72 Å². The second-order valence-corrected chi connectivity index (χ2v) is 6.44. The number of nitrogens with zero attached hydrogens (tertiary/aromatic N) is 1. The van der Waals surface area contributed by atoms with Gasteiger partial charge in [0.1, 0.15) is 0 Å². The van der Waals surface area contributed by atoms with Gasteiger partial charge in [-0.1, -0.05) is 26.0 Å². The number of anilines is 1. The summed E-state index contributed by atoms with van der Waals surface area (Å²) < 4.78 is 28.5. The summed E-state index contributed by atoms with van der Waals surface area (Å²) in [6.07, 6.45) is 1.42. The summed E-state index contributed by atoms with van der Waals surface area (Å²) in [6, 6.07) is 6.36. The molecule has 0 saturated heterocycles. The van der Waals surface area contributed by atoms with Crippen LogP contribution in [0.5, 0.6) is 0 Å². The van der Waals surface area contributed by atoms with Crippen molar-refractivity contribution in [1.82, 2.24) is 4.31 Å². The van der Waals surface area contributed by atoms with Crippen LogP contribution in [0.15, 0.2) is 24.3 Å². The van der Waals surface area contributed by atoms with Crippen LogP contribution in [-0.2, 0) is 21.4 Å². The van der Waals surface area contributed by atoms with Gasteiger partial charge in [0.05, 0.1) is 6.42 Å². The summed E-state index contributed by atoms with van der Waals surface area (Å²) >= 11 is 0. The molecule has 118 valence electrons. The van der Waals surface area contributed by atoms with Gasteiger partial charge in [0.15, 0.2) is 0 Å². The zero-order chi connectivity index (χ0) is 15.9. The number of rotatable bonds is 9. The van der Waals surface area contributed by atoms with E-state index in [0.29, 0.717) is 24.3 Å². The second-order valence-electron chi connectivity index (χ2n) is 4.77. The molecule has 2 N–H and O–H groups in total. The lowest BCUT2D eigenvalue weighted by atomic mass is 10.1. The van der Waals surface area contributed by atoms with Gasteiger partial charge in [0.2, 0.25) is 0 Å². The van der Waals surface area contributed by atoms with Gasteiger partial charge in [0, 0.05) is 18.8 Å². The van der Waals surface area contributed by atoms with E-state index in [1.54, 1.807) is 24.3 Å². The molecule has 1 aromatic rings. The number of hydrogen-bond acceptors (Lipinski definition) is 3. The molecule has 0 aromatic heterocycles. The third kappa shape index (κ3) is 5.73. The Morgan fingerprint density at radius 2 is 1.67 bits per heavy atom. The highest BCUT2D eigenvalue weighted by atomic mass is 32.2. The molecular formula is C14H22N2O4S. The van der Waals surface area contributed by atoms with Crippen molar-refractivity contribution in [3.05, 3.63) is 29.8 Å². The Bertz CT molecular complexity index is 549. The quantitative estimate of drug-likeness (QED) is 0.730. The monoisotopic (exact) mass is 314 g/mol. The lowest BCUT2D eigenvalue weighted by Crippen LogP contribution is -2.37. The van der Waals surface area contributed by atoms with E-state index in [1.807, 2.05) is 13.8 Å². The van der Waals surface area contributed by atoms with Crippen molar-refractivity contribution in [3.63, 3.8) is 0 Å². The van der Waals surface area contributed by atoms with Crippen LogP contribution in [0.25, 0.3) is 0 Å². The van der Waals surface area contributed by atoms with Gasteiger partial charge in [0.25, 0.3) is 0 Å². The van der Waals surface area contributed by atoms with Gasteiger partial charge in [-0.2, -0.15) is 12.7 Å². The standard InChI is InChI=1S/C14H22N2O4S/c1-3-9-16(10-4-2)21(19,20)15-13-7-5-12(6-8-13)11-14(17)18/h5-8,15H,3-4,9-11H2,1-2H3,(H,17,18). The van der Waals surface area contributed by atoms with Crippen LogP contribution in [0, 0.1) is 0 Å². The second kappa shape index (κ2) is 7.99. The van der Waals surface area contributed by atoms with Gasteiger partial charge in [-0.15, -0.1) is 0 Å². The van der Waals surface area contributed by atoms with Crippen molar-refractivity contribution in [3.8, 4) is 0 Å². The maximum absolute atomic E-state index is 12.3. The van der Waals surface area contributed by atoms with Crippen LogP contribution in [0.2, 0.25) is 0 Å². The molecule has 0 spiro atoms. The van der Waals surface area contributed by atoms with Gasteiger partial charge in [-0.3, -0.25) is 9.52 Å². The summed E-state index contributed by atoms with van der Waals surface area (Å²) in [7, 11) is -3.57. The van der Waals surface area contributed by atoms with Crippen LogP contribution in [-0.4, -0.2) is 36.9 Å². The summed E-state index contributed by atoms with van der Waals surface area (Å²) in [6.45, 7) is 4.80. The lowest BCUT2D eigenvalue weighted by molar-refractivity contribution is -0.136. The van der Waals surface area contributed by atoms with Crippen LogP contribution in [0.1, 0.15) is 32.3 Å². The molecule has 0 unspecified atom stereocenters. The first kappa shape index (κ1) is 17.5. The van der Waals surface area contributed by atoms with E-state index in [4.69, 9.17) is 5.11 Å². The zero-order valence-corrected chi connectivity index (χ0v) is 13.2. The number of aliphatic carboxylic acids is 1. The fraction of sp³-hybridized carbons (Fsp3) is 0.500. The fourth-order valence-corrected chi connectivity index (χ4v) is 3.34. The van der Waals surface area contributed by atoms with Crippen LogP contribution in [0.4, 0.5) is 5.69 Å². The molecule has 0 aliphatic rings. The van der Waals surface area contributed by atoms with E-state index < -0.39 is 16.2 Å². The Morgan fingerprint density at radius 1 is 1.14 bits per heavy atom. The molecule has 0 amide bonds. The van der Waals surface area contributed by atoms with E-state index in [0.717, 1.165) is 12.8 Å². The maximum atomic E-state index is 12.3. The number of carbonyl (C=O) groups is 1. The third-order valence-electron chi connectivity index (χ3n) is 2.84. The minimum absolute atomic E-state index is 0.0785. The number of hydrogen-bond donors (Lipinski definition) is 2. The van der Waals surface area contributed by atoms with Gasteiger partial charge < -0.3 is 5.11 Å². The van der Waals surface area contributed by atoms with Crippen molar-refractivity contribution in [2.75, 3.05) is 17.8 Å². The van der Waals surface area contributed by atoms with Crippen LogP contribution in [0.3, 0.4) is 0 Å². The minimum atomic E-state index is -3.57. The molecule has 21 heavy (non-hydrogen) atoms. The smallest absolute Gasteiger partial charge is 0.307 e. The molecule has 0 heterocycles. The van der Waals surface area contributed by atoms with Crippen molar-refractivity contribution >= 4 is 21.9 Å². The normalized spacial score (nSPS) is 11.6. The third-order valence-corrected chi connectivity index (χ3v) is 4.38. The largest absolute Gasteiger partial charge is 0.481 e. The van der Waals surface area contributed by atoms with Crippen molar-refractivity contribution in [2.45, 2.75) is 33.1 Å². The predicted octanol–water partition coefficient (Wildman–Crippen LogP) is 2.09. The number of carboxylic acid groups (broad SMARTS) is 1. The van der Waals surface area contributed by atoms with Crippen molar-refractivity contribution in [1.29, 1.82) is 0 Å². The van der Waals surface area contributed by atoms with Gasteiger partial charge in [-0.25, -0.2) is 0 Å². The highest BCUT2D eigenvalue weighted by Gasteiger charge is 2.20. The number of benzene rings is 1. The zero-order valence-electron chi connectivity index (χ0n) is 12.4. The molecule has 1 aromatic carbocycles. The molecule has 0 fully saturated rings. The SMILES string of the molecule is CCCN(CCC)S(=O)(=O)Nc1ccc(CC(=O)O)cc1. The van der Waals surface area contributed by atoms with E-state index in [2.05, 4.69) is 4.72 Å². The Hall–Kier alpha value is -1.60. The Labute approximate surface area is 126 Å². The topological polar surface area (TPSA) is 86.7 Å². The van der Waals surface area contributed by atoms with Gasteiger partial charge in [-0.05, 0) is 30.5 Å². The minimum Gasteiger partial charge on any atom is -0.481 e. The Morgan fingerprint density at radius 3 is 2.10 bits per heavy atom. The van der Waals surface area contributed by atoms with E-state index in [1.165, 1.54) is 4.31 Å². The molecule has 0 saturated carbocycles. The first-order chi connectivity index (χ1) is 9.89. The first-order valence-corrected chi connectivity index (χ1v) is 8.41. The number of carboxylic acids is 1. The average molecular weight is 314 g/mol. The number of nitrogens with one attached hydrogen (secondary N) is 1. The van der Waals surface area contributed by atoms with E-state index >= 15 is 0 Å². The molecule has 0 atom stereocenters.